The predicted molar refractivity (Wildman–Crippen MR) is 83.6 cm³/mol. The summed E-state index contributed by atoms with van der Waals surface area (Å²) in [6, 6.07) is 9.50. The van der Waals surface area contributed by atoms with Gasteiger partial charge in [-0.15, -0.1) is 11.3 Å². The molecular formula is C15H12N4O2S. The van der Waals surface area contributed by atoms with Gasteiger partial charge in [-0.25, -0.2) is 9.67 Å². The van der Waals surface area contributed by atoms with E-state index >= 15 is 0 Å². The van der Waals surface area contributed by atoms with Crippen molar-refractivity contribution in [2.24, 2.45) is 0 Å². The van der Waals surface area contributed by atoms with Gasteiger partial charge in [-0.2, -0.15) is 5.10 Å². The van der Waals surface area contributed by atoms with Gasteiger partial charge < -0.3 is 0 Å². The molecule has 7 heteroatoms. The smallest absolute Gasteiger partial charge is 0.260 e. The molecule has 0 spiro atoms. The third kappa shape index (κ3) is 2.94. The Morgan fingerprint density at radius 3 is 2.68 bits per heavy atom. The van der Waals surface area contributed by atoms with E-state index in [1.807, 2.05) is 30.3 Å². The number of nitrogens with one attached hydrogen (secondary N) is 1. The van der Waals surface area contributed by atoms with Crippen molar-refractivity contribution in [3.05, 3.63) is 59.4 Å². The topological polar surface area (TPSA) is 76.9 Å². The number of amides is 1. The van der Waals surface area contributed by atoms with Gasteiger partial charge in [-0.3, -0.25) is 14.9 Å². The normalized spacial score (nSPS) is 10.4. The van der Waals surface area contributed by atoms with Crippen LogP contribution in [0.1, 0.15) is 27.8 Å². The molecule has 0 radical (unpaired) electrons. The molecule has 0 fully saturated rings. The van der Waals surface area contributed by atoms with Crippen LogP contribution in [0.2, 0.25) is 0 Å². The molecule has 0 saturated carbocycles. The number of benzene rings is 1. The molecule has 3 rings (SSSR count). The maximum atomic E-state index is 12.2. The molecule has 0 aliphatic carbocycles. The highest BCUT2D eigenvalue weighted by atomic mass is 32.1. The Hall–Kier alpha value is -2.80. The molecule has 1 aromatic carbocycles. The third-order valence-electron chi connectivity index (χ3n) is 2.95. The Morgan fingerprint density at radius 2 is 2.00 bits per heavy atom. The first-order valence-corrected chi connectivity index (χ1v) is 7.39. The Labute approximate surface area is 130 Å². The number of anilines is 1. The fraction of sp³-hybridized carbons (Fsp3) is 0.0667. The molecule has 0 saturated heterocycles. The van der Waals surface area contributed by atoms with Crippen LogP contribution in [-0.4, -0.2) is 26.5 Å². The number of para-hydroxylation sites is 1. The number of Topliss-reactive ketones (excluding diaryl/α,β-unsaturated/α-hetero) is 1. The molecule has 2 aromatic heterocycles. The molecule has 0 atom stereocenters. The predicted octanol–water partition coefficient (Wildman–Crippen LogP) is 2.78. The number of aromatic nitrogens is 3. The zero-order valence-corrected chi connectivity index (χ0v) is 12.5. The highest BCUT2D eigenvalue weighted by molar-refractivity contribution is 7.14. The minimum absolute atomic E-state index is 0.131. The number of carbonyl (C=O) groups is 2. The number of thiazole rings is 1. The zero-order chi connectivity index (χ0) is 15.5. The van der Waals surface area contributed by atoms with E-state index in [2.05, 4.69) is 15.4 Å². The maximum Gasteiger partial charge on any atom is 0.260 e. The van der Waals surface area contributed by atoms with Crippen LogP contribution in [-0.2, 0) is 0 Å². The van der Waals surface area contributed by atoms with Gasteiger partial charge in [0.2, 0.25) is 0 Å². The molecule has 2 heterocycles. The second kappa shape index (κ2) is 5.90. The molecule has 6 nitrogen and oxygen atoms in total. The van der Waals surface area contributed by atoms with Crippen molar-refractivity contribution < 1.29 is 9.59 Å². The average molecular weight is 312 g/mol. The van der Waals surface area contributed by atoms with Gasteiger partial charge in [0, 0.05) is 18.5 Å². The third-order valence-corrected chi connectivity index (χ3v) is 3.71. The second-order valence-electron chi connectivity index (χ2n) is 4.56. The molecule has 3 aromatic rings. The van der Waals surface area contributed by atoms with Gasteiger partial charge in [-0.05, 0) is 12.1 Å². The summed E-state index contributed by atoms with van der Waals surface area (Å²) in [7, 11) is 0. The molecule has 0 aliphatic heterocycles. The van der Waals surface area contributed by atoms with Crippen molar-refractivity contribution in [1.82, 2.24) is 14.8 Å². The number of hydrogen-bond donors (Lipinski definition) is 1. The lowest BCUT2D eigenvalue weighted by atomic mass is 10.3. The minimum Gasteiger partial charge on any atom is -0.298 e. The molecule has 0 aliphatic rings. The van der Waals surface area contributed by atoms with Crippen LogP contribution < -0.4 is 5.32 Å². The summed E-state index contributed by atoms with van der Waals surface area (Å²) in [5.41, 5.74) is 1.64. The van der Waals surface area contributed by atoms with Crippen molar-refractivity contribution in [1.29, 1.82) is 0 Å². The van der Waals surface area contributed by atoms with Gasteiger partial charge in [-0.1, -0.05) is 18.2 Å². The van der Waals surface area contributed by atoms with Crippen molar-refractivity contribution >= 4 is 28.2 Å². The number of carbonyl (C=O) groups excluding carboxylic acids is 2. The van der Waals surface area contributed by atoms with Crippen LogP contribution >= 0.6 is 11.3 Å². The zero-order valence-electron chi connectivity index (χ0n) is 11.7. The highest BCUT2D eigenvalue weighted by Crippen LogP contribution is 2.17. The van der Waals surface area contributed by atoms with Crippen LogP contribution in [0.3, 0.4) is 0 Å². The fourth-order valence-electron chi connectivity index (χ4n) is 1.82. The molecule has 110 valence electrons. The van der Waals surface area contributed by atoms with E-state index in [0.29, 0.717) is 16.4 Å². The Balaban J connectivity index is 1.75. The van der Waals surface area contributed by atoms with Crippen LogP contribution in [0.15, 0.2) is 48.1 Å². The van der Waals surface area contributed by atoms with Crippen molar-refractivity contribution in [3.63, 3.8) is 0 Å². The lowest BCUT2D eigenvalue weighted by molar-refractivity contribution is 0.100. The molecule has 22 heavy (non-hydrogen) atoms. The monoisotopic (exact) mass is 312 g/mol. The number of ketones is 1. The van der Waals surface area contributed by atoms with Crippen LogP contribution in [0, 0.1) is 0 Å². The van der Waals surface area contributed by atoms with Gasteiger partial charge in [0.1, 0.15) is 5.69 Å². The van der Waals surface area contributed by atoms with Crippen LogP contribution in [0.5, 0.6) is 0 Å². The van der Waals surface area contributed by atoms with Gasteiger partial charge in [0.15, 0.2) is 10.9 Å². The Bertz CT molecular complexity index is 823. The lowest BCUT2D eigenvalue weighted by Crippen LogP contribution is -2.11. The van der Waals surface area contributed by atoms with Gasteiger partial charge >= 0.3 is 0 Å². The standard InChI is InChI=1S/C15H12N4O2S/c1-10(20)13-9-22-15(17-13)18-14(21)11-7-16-19(8-11)12-5-3-2-4-6-12/h2-9H,1H3,(H,17,18,21). The Kier molecular flexibility index (Phi) is 3.80. The molecule has 1 amide bonds. The summed E-state index contributed by atoms with van der Waals surface area (Å²) >= 11 is 1.21. The van der Waals surface area contributed by atoms with E-state index in [9.17, 15) is 9.59 Å². The van der Waals surface area contributed by atoms with E-state index < -0.39 is 0 Å². The summed E-state index contributed by atoms with van der Waals surface area (Å²) in [5.74, 6) is -0.444. The summed E-state index contributed by atoms with van der Waals surface area (Å²) in [4.78, 5) is 27.4. The number of hydrogen-bond acceptors (Lipinski definition) is 5. The van der Waals surface area contributed by atoms with Gasteiger partial charge in [0.25, 0.3) is 5.91 Å². The summed E-state index contributed by atoms with van der Waals surface area (Å²) < 4.78 is 1.62. The molecule has 1 N–H and O–H groups in total. The first-order chi connectivity index (χ1) is 10.6. The van der Waals surface area contributed by atoms with Crippen molar-refractivity contribution in [2.75, 3.05) is 5.32 Å². The van der Waals surface area contributed by atoms with E-state index in [0.717, 1.165) is 5.69 Å². The van der Waals surface area contributed by atoms with Crippen molar-refractivity contribution in [2.45, 2.75) is 6.92 Å². The number of nitrogens with zero attached hydrogens (tertiary/aromatic N) is 3. The van der Waals surface area contributed by atoms with E-state index in [1.165, 1.54) is 24.5 Å². The molecular weight excluding hydrogens is 300 g/mol. The average Bonchev–Trinajstić information content (AvgIpc) is 3.17. The van der Waals surface area contributed by atoms with E-state index in [-0.39, 0.29) is 11.7 Å². The fourth-order valence-corrected chi connectivity index (χ4v) is 2.57. The highest BCUT2D eigenvalue weighted by Gasteiger charge is 2.13. The first-order valence-electron chi connectivity index (χ1n) is 6.51. The first kappa shape index (κ1) is 14.2. The maximum absolute atomic E-state index is 12.2. The summed E-state index contributed by atoms with van der Waals surface area (Å²) in [6.07, 6.45) is 3.13. The quantitative estimate of drug-likeness (QED) is 0.752. The molecule has 0 unspecified atom stereocenters. The summed E-state index contributed by atoms with van der Waals surface area (Å²) in [6.45, 7) is 1.44. The number of rotatable bonds is 4. The second-order valence-corrected chi connectivity index (χ2v) is 5.42. The van der Waals surface area contributed by atoms with Crippen LogP contribution in [0.25, 0.3) is 5.69 Å². The van der Waals surface area contributed by atoms with Gasteiger partial charge in [0.05, 0.1) is 17.4 Å². The van der Waals surface area contributed by atoms with E-state index in [4.69, 9.17) is 0 Å². The van der Waals surface area contributed by atoms with Crippen molar-refractivity contribution in [3.8, 4) is 5.69 Å². The minimum atomic E-state index is -0.313. The Morgan fingerprint density at radius 1 is 1.23 bits per heavy atom. The largest absolute Gasteiger partial charge is 0.298 e. The van der Waals surface area contributed by atoms with E-state index in [1.54, 1.807) is 16.3 Å². The van der Waals surface area contributed by atoms with Crippen LogP contribution in [0.4, 0.5) is 5.13 Å². The SMILES string of the molecule is CC(=O)c1csc(NC(=O)c2cnn(-c3ccccc3)c2)n1. The molecule has 0 bridgehead atoms. The lowest BCUT2D eigenvalue weighted by Gasteiger charge is -1.99. The summed E-state index contributed by atoms with van der Waals surface area (Å²) in [5, 5.41) is 8.84.